The number of anilines is 1. The van der Waals surface area contributed by atoms with E-state index in [1.807, 2.05) is 0 Å². The standard InChI is InChI=1S/C24H31F3N2O5/c1-4-5-6-7-8-12-28-23(32)29(3)18-11-9-10-17(13-18)21-20(33-15-24(25,26)27)14-19(34-21)16(2)22(30)31/h9-11,13-14,16H,4-8,12,15H2,1-3H3,(H,28,32)(H,30,31). The van der Waals surface area contributed by atoms with Gasteiger partial charge in [-0.1, -0.05) is 44.7 Å². The summed E-state index contributed by atoms with van der Waals surface area (Å²) >= 11 is 0. The average Bonchev–Trinajstić information content (AvgIpc) is 3.22. The number of carbonyl (C=O) groups excluding carboxylic acids is 1. The van der Waals surface area contributed by atoms with E-state index in [2.05, 4.69) is 12.2 Å². The number of aliphatic carboxylic acids is 1. The van der Waals surface area contributed by atoms with Gasteiger partial charge < -0.3 is 19.6 Å². The lowest BCUT2D eigenvalue weighted by Gasteiger charge is -2.19. The number of hydrogen-bond donors (Lipinski definition) is 2. The third-order valence-corrected chi connectivity index (χ3v) is 5.26. The predicted octanol–water partition coefficient (Wildman–Crippen LogP) is 6.19. The molecule has 0 aliphatic heterocycles. The summed E-state index contributed by atoms with van der Waals surface area (Å²) in [6.07, 6.45) is 0.744. The number of hydrogen-bond acceptors (Lipinski definition) is 4. The summed E-state index contributed by atoms with van der Waals surface area (Å²) in [7, 11) is 1.58. The number of alkyl halides is 3. The van der Waals surface area contributed by atoms with Crippen LogP contribution in [0.3, 0.4) is 0 Å². The maximum absolute atomic E-state index is 12.7. The van der Waals surface area contributed by atoms with E-state index in [-0.39, 0.29) is 23.3 Å². The highest BCUT2D eigenvalue weighted by atomic mass is 19.4. The minimum absolute atomic E-state index is 0.0424. The van der Waals surface area contributed by atoms with Crippen molar-refractivity contribution in [3.8, 4) is 17.1 Å². The first-order valence-electron chi connectivity index (χ1n) is 11.2. The van der Waals surface area contributed by atoms with Gasteiger partial charge in [0.1, 0.15) is 11.7 Å². The van der Waals surface area contributed by atoms with Gasteiger partial charge in [0.05, 0.1) is 0 Å². The molecule has 2 aromatic rings. The Hall–Kier alpha value is -3.17. The van der Waals surface area contributed by atoms with Gasteiger partial charge in [-0.05, 0) is 25.5 Å². The lowest BCUT2D eigenvalue weighted by atomic mass is 10.1. The molecule has 1 unspecified atom stereocenters. The maximum atomic E-state index is 12.7. The van der Waals surface area contributed by atoms with E-state index >= 15 is 0 Å². The molecule has 0 spiro atoms. The quantitative estimate of drug-likeness (QED) is 0.351. The lowest BCUT2D eigenvalue weighted by Crippen LogP contribution is -2.37. The van der Waals surface area contributed by atoms with Crippen molar-refractivity contribution in [1.29, 1.82) is 0 Å². The van der Waals surface area contributed by atoms with E-state index in [9.17, 15) is 27.9 Å². The van der Waals surface area contributed by atoms with Crippen LogP contribution in [0.25, 0.3) is 11.3 Å². The van der Waals surface area contributed by atoms with Crippen molar-refractivity contribution in [2.45, 2.75) is 58.0 Å². The van der Waals surface area contributed by atoms with Gasteiger partial charge in [0.15, 0.2) is 18.1 Å². The Balaban J connectivity index is 2.20. The highest BCUT2D eigenvalue weighted by molar-refractivity contribution is 5.92. The number of nitrogens with one attached hydrogen (secondary N) is 1. The first kappa shape index (κ1) is 27.1. The number of carboxylic acid groups (broad SMARTS) is 1. The van der Waals surface area contributed by atoms with E-state index in [4.69, 9.17) is 9.15 Å². The summed E-state index contributed by atoms with van der Waals surface area (Å²) in [5.74, 6) is -2.59. The zero-order valence-corrected chi connectivity index (χ0v) is 19.6. The van der Waals surface area contributed by atoms with Crippen LogP contribution < -0.4 is 15.0 Å². The molecule has 2 N–H and O–H groups in total. The molecule has 34 heavy (non-hydrogen) atoms. The Bertz CT molecular complexity index is 958. The highest BCUT2D eigenvalue weighted by Gasteiger charge is 2.31. The zero-order chi connectivity index (χ0) is 25.3. The Morgan fingerprint density at radius 1 is 1.18 bits per heavy atom. The van der Waals surface area contributed by atoms with Crippen molar-refractivity contribution in [2.24, 2.45) is 0 Å². The summed E-state index contributed by atoms with van der Waals surface area (Å²) in [6.45, 7) is 2.47. The average molecular weight is 485 g/mol. The molecule has 0 fully saturated rings. The van der Waals surface area contributed by atoms with Crippen LogP contribution in [-0.4, -0.2) is 43.5 Å². The SMILES string of the molecule is CCCCCCCNC(=O)N(C)c1cccc(-c2oc(C(C)C(=O)O)cc2OCC(F)(F)F)c1. The van der Waals surface area contributed by atoms with E-state index in [0.717, 1.165) is 38.2 Å². The smallest absolute Gasteiger partial charge is 0.422 e. The topological polar surface area (TPSA) is 92.0 Å². The third-order valence-electron chi connectivity index (χ3n) is 5.26. The molecule has 1 aromatic carbocycles. The molecule has 2 rings (SSSR count). The fourth-order valence-corrected chi connectivity index (χ4v) is 3.21. The fourth-order valence-electron chi connectivity index (χ4n) is 3.21. The Morgan fingerprint density at radius 2 is 1.88 bits per heavy atom. The molecule has 1 atom stereocenters. The van der Waals surface area contributed by atoms with Crippen LogP contribution in [-0.2, 0) is 4.79 Å². The van der Waals surface area contributed by atoms with Crippen LogP contribution in [0.5, 0.6) is 5.75 Å². The predicted molar refractivity (Wildman–Crippen MR) is 122 cm³/mol. The van der Waals surface area contributed by atoms with Crippen molar-refractivity contribution in [2.75, 3.05) is 25.1 Å². The van der Waals surface area contributed by atoms with Crippen LogP contribution in [0.15, 0.2) is 34.7 Å². The largest absolute Gasteiger partial charge is 0.481 e. The molecule has 188 valence electrons. The van der Waals surface area contributed by atoms with Gasteiger partial charge in [-0.15, -0.1) is 0 Å². The number of halogens is 3. The molecule has 0 bridgehead atoms. The molecule has 1 aromatic heterocycles. The van der Waals surface area contributed by atoms with Gasteiger partial charge in [0.25, 0.3) is 0 Å². The molecule has 0 aliphatic rings. The van der Waals surface area contributed by atoms with Crippen LogP contribution in [0.4, 0.5) is 23.7 Å². The number of furan rings is 1. The second-order valence-electron chi connectivity index (χ2n) is 8.06. The van der Waals surface area contributed by atoms with Crippen LogP contribution in [0, 0.1) is 0 Å². The normalized spacial score (nSPS) is 12.3. The van der Waals surface area contributed by atoms with Gasteiger partial charge in [-0.2, -0.15) is 13.2 Å². The zero-order valence-electron chi connectivity index (χ0n) is 19.6. The second-order valence-corrected chi connectivity index (χ2v) is 8.06. The Kier molecular flexibility index (Phi) is 9.83. The minimum atomic E-state index is -4.58. The molecule has 0 radical (unpaired) electrons. The van der Waals surface area contributed by atoms with Gasteiger partial charge >= 0.3 is 18.2 Å². The van der Waals surface area contributed by atoms with Crippen molar-refractivity contribution >= 4 is 17.7 Å². The van der Waals surface area contributed by atoms with Crippen molar-refractivity contribution in [3.05, 3.63) is 36.1 Å². The molecular weight excluding hydrogens is 453 g/mol. The lowest BCUT2D eigenvalue weighted by molar-refractivity contribution is -0.153. The van der Waals surface area contributed by atoms with Gasteiger partial charge in [0.2, 0.25) is 0 Å². The molecular formula is C24H31F3N2O5. The minimum Gasteiger partial charge on any atom is -0.481 e. The molecule has 0 saturated carbocycles. The molecule has 10 heteroatoms. The van der Waals surface area contributed by atoms with Crippen LogP contribution in [0.1, 0.15) is 57.6 Å². The first-order valence-corrected chi connectivity index (χ1v) is 11.2. The molecule has 0 saturated heterocycles. The van der Waals surface area contributed by atoms with E-state index in [1.54, 1.807) is 31.3 Å². The second kappa shape index (κ2) is 12.3. The number of unbranched alkanes of at least 4 members (excludes halogenated alkanes) is 4. The Morgan fingerprint density at radius 3 is 2.53 bits per heavy atom. The first-order chi connectivity index (χ1) is 16.0. The third kappa shape index (κ3) is 8.00. The highest BCUT2D eigenvalue weighted by Crippen LogP contribution is 2.38. The Labute approximate surface area is 196 Å². The molecule has 1 heterocycles. The van der Waals surface area contributed by atoms with E-state index < -0.39 is 24.7 Å². The van der Waals surface area contributed by atoms with E-state index in [0.29, 0.717) is 17.8 Å². The van der Waals surface area contributed by atoms with Crippen LogP contribution in [0.2, 0.25) is 0 Å². The number of carbonyl (C=O) groups is 2. The van der Waals surface area contributed by atoms with E-state index in [1.165, 1.54) is 11.8 Å². The number of nitrogens with zero attached hydrogens (tertiary/aromatic N) is 1. The van der Waals surface area contributed by atoms with Gasteiger partial charge in [0, 0.05) is 30.9 Å². The number of amides is 2. The van der Waals surface area contributed by atoms with Crippen molar-refractivity contribution in [3.63, 3.8) is 0 Å². The molecule has 0 aliphatic carbocycles. The summed E-state index contributed by atoms with van der Waals surface area (Å²) in [5.41, 5.74) is 0.824. The monoisotopic (exact) mass is 484 g/mol. The number of benzene rings is 1. The fraction of sp³-hybridized carbons (Fsp3) is 0.500. The summed E-state index contributed by atoms with van der Waals surface area (Å²) in [6, 6.07) is 7.27. The number of rotatable bonds is 12. The van der Waals surface area contributed by atoms with Crippen molar-refractivity contribution < 1.29 is 37.0 Å². The van der Waals surface area contributed by atoms with Gasteiger partial charge in [-0.25, -0.2) is 4.79 Å². The number of urea groups is 1. The van der Waals surface area contributed by atoms with Gasteiger partial charge in [-0.3, -0.25) is 9.69 Å². The maximum Gasteiger partial charge on any atom is 0.422 e. The van der Waals surface area contributed by atoms with Crippen molar-refractivity contribution in [1.82, 2.24) is 5.32 Å². The summed E-state index contributed by atoms with van der Waals surface area (Å²) < 4.78 is 48.7. The summed E-state index contributed by atoms with van der Waals surface area (Å²) in [5, 5.41) is 12.1. The summed E-state index contributed by atoms with van der Waals surface area (Å²) in [4.78, 5) is 25.2. The molecule has 7 nitrogen and oxygen atoms in total. The van der Waals surface area contributed by atoms with Crippen LogP contribution >= 0.6 is 0 Å². The number of carboxylic acids is 1. The number of ether oxygens (including phenoxy) is 1. The molecule has 2 amide bonds.